The van der Waals surface area contributed by atoms with Crippen molar-refractivity contribution in [3.05, 3.63) is 95.6 Å². The average Bonchev–Trinajstić information content (AvgIpc) is 2.81. The molecule has 2 amide bonds. The van der Waals surface area contributed by atoms with Crippen molar-refractivity contribution in [3.8, 4) is 5.75 Å². The van der Waals surface area contributed by atoms with Crippen molar-refractivity contribution in [2.45, 2.75) is 20.3 Å². The third kappa shape index (κ3) is 6.19. The topological polar surface area (TPSA) is 58.6 Å². The lowest BCUT2D eigenvalue weighted by molar-refractivity contribution is 0.0772. The number of benzene rings is 3. The third-order valence-corrected chi connectivity index (χ3v) is 5.04. The molecule has 31 heavy (non-hydrogen) atoms. The molecule has 0 radical (unpaired) electrons. The van der Waals surface area contributed by atoms with Gasteiger partial charge in [-0.05, 0) is 61.9 Å². The summed E-state index contributed by atoms with van der Waals surface area (Å²) in [7, 11) is 0. The summed E-state index contributed by atoms with van der Waals surface area (Å²) in [5.41, 5.74) is 2.89. The maximum absolute atomic E-state index is 12.6. The minimum absolute atomic E-state index is 0.0434. The molecule has 0 aliphatic carbocycles. The van der Waals surface area contributed by atoms with Crippen LogP contribution in [0.15, 0.2) is 78.9 Å². The number of nitrogens with zero attached hydrogens (tertiary/aromatic N) is 1. The van der Waals surface area contributed by atoms with Gasteiger partial charge in [-0.25, -0.2) is 0 Å². The molecule has 0 aliphatic heterocycles. The van der Waals surface area contributed by atoms with E-state index >= 15 is 0 Å². The molecule has 160 valence electrons. The van der Waals surface area contributed by atoms with Crippen LogP contribution in [0.3, 0.4) is 0 Å². The molecule has 3 rings (SSSR count). The van der Waals surface area contributed by atoms with Crippen molar-refractivity contribution in [2.75, 3.05) is 25.0 Å². The van der Waals surface area contributed by atoms with Crippen molar-refractivity contribution in [3.63, 3.8) is 0 Å². The van der Waals surface area contributed by atoms with Crippen LogP contribution in [0.4, 0.5) is 5.69 Å². The Labute approximate surface area is 183 Å². The Bertz CT molecular complexity index is 997. The molecule has 0 saturated heterocycles. The zero-order valence-corrected chi connectivity index (χ0v) is 18.0. The number of carbonyl (C=O) groups is 2. The summed E-state index contributed by atoms with van der Waals surface area (Å²) in [4.78, 5) is 26.9. The number of amides is 2. The largest absolute Gasteiger partial charge is 0.493 e. The standard InChI is InChI=1S/C26H28N2O3/c1-3-28(4-2)26(30)22-11-8-12-23(19-22)27-25(29)21-13-15-24(16-14-21)31-18-17-20-9-6-5-7-10-20/h5-16,19H,3-4,17-18H2,1-2H3,(H,27,29). The SMILES string of the molecule is CCN(CC)C(=O)c1cccc(NC(=O)c2ccc(OCCc3ccccc3)cc2)c1. The fraction of sp³-hybridized carbons (Fsp3) is 0.231. The van der Waals surface area contributed by atoms with E-state index in [4.69, 9.17) is 4.74 Å². The lowest BCUT2D eigenvalue weighted by Gasteiger charge is -2.19. The number of anilines is 1. The number of hydrogen-bond donors (Lipinski definition) is 1. The second-order valence-electron chi connectivity index (χ2n) is 7.12. The third-order valence-electron chi connectivity index (χ3n) is 5.04. The second kappa shape index (κ2) is 11.0. The minimum Gasteiger partial charge on any atom is -0.493 e. The highest BCUT2D eigenvalue weighted by Crippen LogP contribution is 2.17. The molecule has 0 bridgehead atoms. The Hall–Kier alpha value is -3.60. The monoisotopic (exact) mass is 416 g/mol. The van der Waals surface area contributed by atoms with E-state index < -0.39 is 0 Å². The van der Waals surface area contributed by atoms with E-state index in [1.807, 2.05) is 32.0 Å². The van der Waals surface area contributed by atoms with Crippen molar-refractivity contribution in [2.24, 2.45) is 0 Å². The Balaban J connectivity index is 1.57. The maximum Gasteiger partial charge on any atom is 0.255 e. The molecular weight excluding hydrogens is 388 g/mol. The molecule has 5 heteroatoms. The minimum atomic E-state index is -0.233. The summed E-state index contributed by atoms with van der Waals surface area (Å²) < 4.78 is 5.77. The molecule has 5 nitrogen and oxygen atoms in total. The molecule has 0 aromatic heterocycles. The van der Waals surface area contributed by atoms with Gasteiger partial charge in [0.2, 0.25) is 0 Å². The first kappa shape index (κ1) is 22.1. The fourth-order valence-corrected chi connectivity index (χ4v) is 3.26. The predicted molar refractivity (Wildman–Crippen MR) is 124 cm³/mol. The van der Waals surface area contributed by atoms with E-state index in [-0.39, 0.29) is 11.8 Å². The Kier molecular flexibility index (Phi) is 7.82. The van der Waals surface area contributed by atoms with Gasteiger partial charge in [-0.2, -0.15) is 0 Å². The van der Waals surface area contributed by atoms with E-state index in [0.29, 0.717) is 36.5 Å². The molecule has 0 fully saturated rings. The second-order valence-corrected chi connectivity index (χ2v) is 7.12. The lowest BCUT2D eigenvalue weighted by atomic mass is 10.1. The molecule has 1 N–H and O–H groups in total. The number of rotatable bonds is 9. The summed E-state index contributed by atoms with van der Waals surface area (Å²) in [5, 5.41) is 2.86. The van der Waals surface area contributed by atoms with Crippen LogP contribution in [-0.2, 0) is 6.42 Å². The molecule has 0 atom stereocenters. The van der Waals surface area contributed by atoms with Crippen LogP contribution in [0.25, 0.3) is 0 Å². The van der Waals surface area contributed by atoms with Crippen molar-refractivity contribution < 1.29 is 14.3 Å². The molecule has 3 aromatic rings. The molecule has 3 aromatic carbocycles. The highest BCUT2D eigenvalue weighted by atomic mass is 16.5. The predicted octanol–water partition coefficient (Wildman–Crippen LogP) is 5.04. The number of carbonyl (C=O) groups excluding carboxylic acids is 2. The van der Waals surface area contributed by atoms with Gasteiger partial charge in [0.1, 0.15) is 5.75 Å². The number of ether oxygens (including phenoxy) is 1. The summed E-state index contributed by atoms with van der Waals surface area (Å²) in [6.45, 7) is 5.75. The van der Waals surface area contributed by atoms with E-state index in [2.05, 4.69) is 17.4 Å². The van der Waals surface area contributed by atoms with Gasteiger partial charge in [-0.3, -0.25) is 9.59 Å². The molecular formula is C26H28N2O3. The zero-order chi connectivity index (χ0) is 22.1. The van der Waals surface area contributed by atoms with Crippen LogP contribution in [0.5, 0.6) is 5.75 Å². The molecule has 0 aliphatic rings. The van der Waals surface area contributed by atoms with Gasteiger partial charge >= 0.3 is 0 Å². The van der Waals surface area contributed by atoms with Crippen molar-refractivity contribution in [1.29, 1.82) is 0 Å². The van der Waals surface area contributed by atoms with Gasteiger partial charge in [0, 0.05) is 36.3 Å². The zero-order valence-electron chi connectivity index (χ0n) is 18.0. The first-order valence-electron chi connectivity index (χ1n) is 10.6. The highest BCUT2D eigenvalue weighted by molar-refractivity contribution is 6.05. The summed E-state index contributed by atoms with van der Waals surface area (Å²) in [6, 6.07) is 24.2. The Morgan fingerprint density at radius 2 is 1.55 bits per heavy atom. The summed E-state index contributed by atoms with van der Waals surface area (Å²) in [5.74, 6) is 0.445. The smallest absolute Gasteiger partial charge is 0.255 e. The van der Waals surface area contributed by atoms with Gasteiger partial charge < -0.3 is 15.0 Å². The first-order valence-corrected chi connectivity index (χ1v) is 10.6. The van der Waals surface area contributed by atoms with Gasteiger partial charge in [-0.1, -0.05) is 36.4 Å². The van der Waals surface area contributed by atoms with Crippen LogP contribution in [-0.4, -0.2) is 36.4 Å². The van der Waals surface area contributed by atoms with Gasteiger partial charge in [-0.15, -0.1) is 0 Å². The molecule has 0 spiro atoms. The Morgan fingerprint density at radius 3 is 2.23 bits per heavy atom. The van der Waals surface area contributed by atoms with Crippen LogP contribution in [0.1, 0.15) is 40.1 Å². The maximum atomic E-state index is 12.6. The summed E-state index contributed by atoms with van der Waals surface area (Å²) >= 11 is 0. The fourth-order valence-electron chi connectivity index (χ4n) is 3.26. The van der Waals surface area contributed by atoms with Crippen LogP contribution in [0, 0.1) is 0 Å². The van der Waals surface area contributed by atoms with E-state index in [9.17, 15) is 9.59 Å². The Morgan fingerprint density at radius 1 is 0.839 bits per heavy atom. The average molecular weight is 417 g/mol. The van der Waals surface area contributed by atoms with Crippen molar-refractivity contribution in [1.82, 2.24) is 4.90 Å². The van der Waals surface area contributed by atoms with E-state index in [1.165, 1.54) is 5.56 Å². The first-order chi connectivity index (χ1) is 15.1. The van der Waals surface area contributed by atoms with E-state index in [1.54, 1.807) is 53.4 Å². The normalized spacial score (nSPS) is 10.4. The molecule has 0 heterocycles. The van der Waals surface area contributed by atoms with Crippen LogP contribution in [0.2, 0.25) is 0 Å². The summed E-state index contributed by atoms with van der Waals surface area (Å²) in [6.07, 6.45) is 0.825. The van der Waals surface area contributed by atoms with Gasteiger partial charge in [0.25, 0.3) is 11.8 Å². The quantitative estimate of drug-likeness (QED) is 0.531. The number of nitrogens with one attached hydrogen (secondary N) is 1. The van der Waals surface area contributed by atoms with Crippen LogP contribution < -0.4 is 10.1 Å². The van der Waals surface area contributed by atoms with Gasteiger partial charge in [0.05, 0.1) is 6.61 Å². The molecule has 0 saturated carbocycles. The van der Waals surface area contributed by atoms with Crippen molar-refractivity contribution >= 4 is 17.5 Å². The highest BCUT2D eigenvalue weighted by Gasteiger charge is 2.13. The van der Waals surface area contributed by atoms with Crippen LogP contribution >= 0.6 is 0 Å². The molecule has 0 unspecified atom stereocenters. The lowest BCUT2D eigenvalue weighted by Crippen LogP contribution is -2.30. The van der Waals surface area contributed by atoms with Gasteiger partial charge in [0.15, 0.2) is 0 Å². The number of hydrogen-bond acceptors (Lipinski definition) is 3. The van der Waals surface area contributed by atoms with E-state index in [0.717, 1.165) is 12.2 Å².